The Morgan fingerprint density at radius 1 is 0.880 bits per heavy atom. The number of aromatic nitrogens is 2. The molecule has 1 aliphatic rings. The van der Waals surface area contributed by atoms with Crippen molar-refractivity contribution in [1.82, 2.24) is 14.7 Å². The first-order valence-corrected chi connectivity index (χ1v) is 8.19. The van der Waals surface area contributed by atoms with Gasteiger partial charge in [-0.25, -0.2) is 0 Å². The Hall–Kier alpha value is -3.21. The van der Waals surface area contributed by atoms with E-state index in [-0.39, 0.29) is 11.8 Å². The zero-order chi connectivity index (χ0) is 17.4. The summed E-state index contributed by atoms with van der Waals surface area (Å²) in [5, 5.41) is 4.55. The minimum absolute atomic E-state index is 0.230. The maximum Gasteiger partial charge on any atom is 0.261 e. The predicted molar refractivity (Wildman–Crippen MR) is 94.2 cm³/mol. The Balaban J connectivity index is 1.48. The summed E-state index contributed by atoms with van der Waals surface area (Å²) in [6, 6.07) is 17.0. The van der Waals surface area contributed by atoms with E-state index in [4.69, 9.17) is 0 Å². The van der Waals surface area contributed by atoms with Gasteiger partial charge in [-0.2, -0.15) is 5.10 Å². The van der Waals surface area contributed by atoms with Gasteiger partial charge >= 0.3 is 0 Å². The summed E-state index contributed by atoms with van der Waals surface area (Å²) < 4.78 is 1.77. The Labute approximate surface area is 145 Å². The van der Waals surface area contributed by atoms with Gasteiger partial charge in [0, 0.05) is 18.3 Å². The lowest BCUT2D eigenvalue weighted by Gasteiger charge is -2.13. The van der Waals surface area contributed by atoms with Crippen molar-refractivity contribution in [3.63, 3.8) is 0 Å². The maximum absolute atomic E-state index is 12.4. The first-order chi connectivity index (χ1) is 12.1. The zero-order valence-corrected chi connectivity index (χ0v) is 13.8. The van der Waals surface area contributed by atoms with E-state index >= 15 is 0 Å². The number of nitrogens with zero attached hydrogens (tertiary/aromatic N) is 3. The number of hydrogen-bond acceptors (Lipinski definition) is 3. The van der Waals surface area contributed by atoms with Crippen LogP contribution in [0.3, 0.4) is 0 Å². The Kier molecular flexibility index (Phi) is 3.69. The highest BCUT2D eigenvalue weighted by Crippen LogP contribution is 2.22. The van der Waals surface area contributed by atoms with Crippen molar-refractivity contribution in [3.8, 4) is 11.3 Å². The molecule has 0 unspecified atom stereocenters. The van der Waals surface area contributed by atoms with Crippen LogP contribution < -0.4 is 0 Å². The van der Waals surface area contributed by atoms with E-state index < -0.39 is 0 Å². The number of fused-ring (bicyclic) bond motifs is 1. The average Bonchev–Trinajstić information content (AvgIpc) is 3.18. The SMILES string of the molecule is Cc1cccc(-c2ccn(CCN3C(=O)c4ccccc4C3=O)n2)c1. The van der Waals surface area contributed by atoms with E-state index in [1.54, 1.807) is 28.9 Å². The number of amides is 2. The van der Waals surface area contributed by atoms with Crippen LogP contribution in [0.1, 0.15) is 26.3 Å². The molecule has 25 heavy (non-hydrogen) atoms. The number of hydrogen-bond donors (Lipinski definition) is 0. The van der Waals surface area contributed by atoms with Crippen LogP contribution in [0.25, 0.3) is 11.3 Å². The summed E-state index contributed by atoms with van der Waals surface area (Å²) in [5.74, 6) is -0.460. The fraction of sp³-hybridized carbons (Fsp3) is 0.150. The number of rotatable bonds is 4. The summed E-state index contributed by atoms with van der Waals surface area (Å²) in [4.78, 5) is 26.0. The predicted octanol–water partition coefficient (Wildman–Crippen LogP) is 3.15. The highest BCUT2D eigenvalue weighted by molar-refractivity contribution is 6.21. The summed E-state index contributed by atoms with van der Waals surface area (Å²) in [6.07, 6.45) is 1.87. The lowest BCUT2D eigenvalue weighted by molar-refractivity contribution is 0.0647. The molecule has 4 rings (SSSR count). The Morgan fingerprint density at radius 2 is 1.60 bits per heavy atom. The molecule has 2 amide bonds. The van der Waals surface area contributed by atoms with Crippen molar-refractivity contribution in [2.45, 2.75) is 13.5 Å². The number of benzene rings is 2. The second-order valence-corrected chi connectivity index (χ2v) is 6.14. The minimum Gasteiger partial charge on any atom is -0.272 e. The van der Waals surface area contributed by atoms with E-state index in [1.807, 2.05) is 37.4 Å². The molecule has 0 atom stereocenters. The quantitative estimate of drug-likeness (QED) is 0.690. The lowest BCUT2D eigenvalue weighted by Crippen LogP contribution is -2.33. The molecule has 0 N–H and O–H groups in total. The molecule has 2 aromatic carbocycles. The summed E-state index contributed by atoms with van der Waals surface area (Å²) in [5.41, 5.74) is 4.07. The molecule has 1 aliphatic heterocycles. The summed E-state index contributed by atoms with van der Waals surface area (Å²) >= 11 is 0. The van der Waals surface area contributed by atoms with Gasteiger partial charge < -0.3 is 0 Å². The van der Waals surface area contributed by atoms with Crippen molar-refractivity contribution in [2.24, 2.45) is 0 Å². The second-order valence-electron chi connectivity index (χ2n) is 6.14. The third-order valence-corrected chi connectivity index (χ3v) is 4.39. The molecule has 0 bridgehead atoms. The smallest absolute Gasteiger partial charge is 0.261 e. The van der Waals surface area contributed by atoms with Crippen LogP contribution in [-0.4, -0.2) is 33.0 Å². The maximum atomic E-state index is 12.4. The Bertz CT molecular complexity index is 939. The third kappa shape index (κ3) is 2.74. The number of carbonyl (C=O) groups is 2. The van der Waals surface area contributed by atoms with Gasteiger partial charge in [0.05, 0.1) is 23.4 Å². The molecule has 5 heteroatoms. The normalized spacial score (nSPS) is 13.4. The molecule has 3 aromatic rings. The van der Waals surface area contributed by atoms with E-state index in [0.29, 0.717) is 24.2 Å². The van der Waals surface area contributed by atoms with Gasteiger partial charge in [0.15, 0.2) is 0 Å². The molecule has 0 saturated carbocycles. The molecule has 2 heterocycles. The first-order valence-electron chi connectivity index (χ1n) is 8.19. The second kappa shape index (κ2) is 6.02. The topological polar surface area (TPSA) is 55.2 Å². The van der Waals surface area contributed by atoms with Crippen molar-refractivity contribution >= 4 is 11.8 Å². The zero-order valence-electron chi connectivity index (χ0n) is 13.8. The number of carbonyl (C=O) groups excluding carboxylic acids is 2. The highest BCUT2D eigenvalue weighted by Gasteiger charge is 2.34. The van der Waals surface area contributed by atoms with Crippen LogP contribution in [0, 0.1) is 6.92 Å². The summed E-state index contributed by atoms with van der Waals surface area (Å²) in [6.45, 7) is 2.82. The molecule has 0 spiro atoms. The van der Waals surface area contributed by atoms with Gasteiger partial charge in [0.1, 0.15) is 0 Å². The number of aryl methyl sites for hydroxylation is 1. The average molecular weight is 331 g/mol. The van der Waals surface area contributed by atoms with E-state index in [2.05, 4.69) is 11.2 Å². The van der Waals surface area contributed by atoms with Crippen molar-refractivity contribution in [3.05, 3.63) is 77.5 Å². The standard InChI is InChI=1S/C20H17N3O2/c1-14-5-4-6-15(13-14)18-9-10-22(21-18)11-12-23-19(24)16-7-2-3-8-17(16)20(23)25/h2-10,13H,11-12H2,1H3. The molecule has 0 saturated heterocycles. The fourth-order valence-corrected chi connectivity index (χ4v) is 3.09. The van der Waals surface area contributed by atoms with E-state index in [0.717, 1.165) is 11.3 Å². The molecule has 5 nitrogen and oxygen atoms in total. The van der Waals surface area contributed by atoms with Crippen molar-refractivity contribution in [2.75, 3.05) is 6.54 Å². The van der Waals surface area contributed by atoms with Crippen LogP contribution in [0.15, 0.2) is 60.8 Å². The van der Waals surface area contributed by atoms with Gasteiger partial charge in [-0.3, -0.25) is 19.2 Å². The highest BCUT2D eigenvalue weighted by atomic mass is 16.2. The van der Waals surface area contributed by atoms with Gasteiger partial charge in [0.2, 0.25) is 0 Å². The minimum atomic E-state index is -0.230. The van der Waals surface area contributed by atoms with Crippen molar-refractivity contribution in [1.29, 1.82) is 0 Å². The van der Waals surface area contributed by atoms with Crippen molar-refractivity contribution < 1.29 is 9.59 Å². The van der Waals surface area contributed by atoms with Crippen LogP contribution >= 0.6 is 0 Å². The van der Waals surface area contributed by atoms with Gasteiger partial charge in [-0.15, -0.1) is 0 Å². The molecule has 0 fully saturated rings. The van der Waals surface area contributed by atoms with Gasteiger partial charge in [-0.1, -0.05) is 35.9 Å². The van der Waals surface area contributed by atoms with Crippen LogP contribution in [0.2, 0.25) is 0 Å². The fourth-order valence-electron chi connectivity index (χ4n) is 3.09. The van der Waals surface area contributed by atoms with E-state index in [1.165, 1.54) is 10.5 Å². The molecule has 0 aliphatic carbocycles. The molecular weight excluding hydrogens is 314 g/mol. The van der Waals surface area contributed by atoms with Crippen LogP contribution in [-0.2, 0) is 6.54 Å². The largest absolute Gasteiger partial charge is 0.272 e. The Morgan fingerprint density at radius 3 is 2.28 bits per heavy atom. The first kappa shape index (κ1) is 15.3. The monoisotopic (exact) mass is 331 g/mol. The molecular formula is C20H17N3O2. The molecule has 0 radical (unpaired) electrons. The van der Waals surface area contributed by atoms with E-state index in [9.17, 15) is 9.59 Å². The molecule has 124 valence electrons. The number of imide groups is 1. The van der Waals surface area contributed by atoms with Crippen LogP contribution in [0.4, 0.5) is 0 Å². The third-order valence-electron chi connectivity index (χ3n) is 4.39. The summed E-state index contributed by atoms with van der Waals surface area (Å²) in [7, 11) is 0. The lowest BCUT2D eigenvalue weighted by atomic mass is 10.1. The van der Waals surface area contributed by atoms with Gasteiger partial charge in [-0.05, 0) is 31.2 Å². The van der Waals surface area contributed by atoms with Crippen LogP contribution in [0.5, 0.6) is 0 Å². The van der Waals surface area contributed by atoms with Gasteiger partial charge in [0.25, 0.3) is 11.8 Å². The molecule has 1 aromatic heterocycles.